The summed E-state index contributed by atoms with van der Waals surface area (Å²) in [7, 11) is 0. The van der Waals surface area contributed by atoms with Crippen LogP contribution in [0.2, 0.25) is 0 Å². The molecule has 124 valence electrons. The van der Waals surface area contributed by atoms with Gasteiger partial charge in [0.2, 0.25) is 0 Å². The SMILES string of the molecule is C=Cc1c(N=C)ccc(/C(CC)=C(/C=C(/Cl)N=C)N=CN=C)c1F. The van der Waals surface area contributed by atoms with Gasteiger partial charge in [0.25, 0.3) is 0 Å². The zero-order chi connectivity index (χ0) is 18.1. The molecule has 6 heteroatoms. The van der Waals surface area contributed by atoms with Gasteiger partial charge in [-0.3, -0.25) is 15.0 Å². The van der Waals surface area contributed by atoms with E-state index in [1.165, 1.54) is 18.5 Å². The molecule has 24 heavy (non-hydrogen) atoms. The molecule has 0 atom stereocenters. The predicted molar refractivity (Wildman–Crippen MR) is 104 cm³/mol. The Morgan fingerprint density at radius 3 is 2.50 bits per heavy atom. The van der Waals surface area contributed by atoms with Crippen molar-refractivity contribution < 1.29 is 4.39 Å². The van der Waals surface area contributed by atoms with Crippen LogP contribution in [0.3, 0.4) is 0 Å². The van der Waals surface area contributed by atoms with Gasteiger partial charge in [0.05, 0.1) is 11.4 Å². The van der Waals surface area contributed by atoms with Crippen LogP contribution in [0.4, 0.5) is 10.1 Å². The molecule has 0 amide bonds. The molecular formula is C18H18ClFN4. The molecule has 0 heterocycles. The summed E-state index contributed by atoms with van der Waals surface area (Å²) in [5, 5.41) is 0.130. The molecule has 0 saturated carbocycles. The first kappa shape index (κ1) is 19.4. The third-order valence-corrected chi connectivity index (χ3v) is 3.43. The molecule has 0 aliphatic heterocycles. The van der Waals surface area contributed by atoms with E-state index in [2.05, 4.69) is 46.7 Å². The van der Waals surface area contributed by atoms with Crippen LogP contribution in [0.5, 0.6) is 0 Å². The number of halogens is 2. The minimum Gasteiger partial charge on any atom is -0.264 e. The van der Waals surface area contributed by atoms with E-state index < -0.39 is 5.82 Å². The van der Waals surface area contributed by atoms with Gasteiger partial charge < -0.3 is 0 Å². The maximum Gasteiger partial charge on any atom is 0.140 e. The Bertz CT molecular complexity index is 761. The summed E-state index contributed by atoms with van der Waals surface area (Å²) in [5.41, 5.74) is 2.08. The molecule has 0 aliphatic rings. The molecule has 1 aromatic rings. The third-order valence-electron chi connectivity index (χ3n) is 3.20. The summed E-state index contributed by atoms with van der Waals surface area (Å²) in [6, 6.07) is 3.29. The molecule has 0 saturated heterocycles. The topological polar surface area (TPSA) is 49.4 Å². The summed E-state index contributed by atoms with van der Waals surface area (Å²) < 4.78 is 14.9. The van der Waals surface area contributed by atoms with E-state index in [4.69, 9.17) is 11.6 Å². The first-order valence-electron chi connectivity index (χ1n) is 7.01. The lowest BCUT2D eigenvalue weighted by molar-refractivity contribution is 0.621. The van der Waals surface area contributed by atoms with Gasteiger partial charge >= 0.3 is 0 Å². The van der Waals surface area contributed by atoms with Crippen LogP contribution in [0.1, 0.15) is 24.5 Å². The van der Waals surface area contributed by atoms with Gasteiger partial charge in [0.1, 0.15) is 17.3 Å². The van der Waals surface area contributed by atoms with Crippen molar-refractivity contribution in [2.75, 3.05) is 0 Å². The molecule has 0 aliphatic carbocycles. The summed E-state index contributed by atoms with van der Waals surface area (Å²) in [6.45, 7) is 15.6. The van der Waals surface area contributed by atoms with Crippen LogP contribution in [0, 0.1) is 5.82 Å². The van der Waals surface area contributed by atoms with Gasteiger partial charge in [-0.25, -0.2) is 9.38 Å². The normalized spacial score (nSPS) is 12.7. The van der Waals surface area contributed by atoms with Gasteiger partial charge in [-0.2, -0.15) is 0 Å². The highest BCUT2D eigenvalue weighted by Gasteiger charge is 2.15. The second-order valence-corrected chi connectivity index (χ2v) is 4.88. The Morgan fingerprint density at radius 2 is 2.00 bits per heavy atom. The maximum atomic E-state index is 14.9. The summed E-state index contributed by atoms with van der Waals surface area (Å²) in [6.07, 6.45) is 4.64. The lowest BCUT2D eigenvalue weighted by atomic mass is 9.97. The fourth-order valence-corrected chi connectivity index (χ4v) is 2.22. The van der Waals surface area contributed by atoms with Gasteiger partial charge in [-0.15, -0.1) is 0 Å². The van der Waals surface area contributed by atoms with Crippen LogP contribution in [-0.2, 0) is 0 Å². The van der Waals surface area contributed by atoms with Crippen LogP contribution in [0.25, 0.3) is 11.6 Å². The Balaban J connectivity index is 3.75. The average molecular weight is 345 g/mol. The number of aliphatic imine (C=N–C) groups is 4. The van der Waals surface area contributed by atoms with Crippen LogP contribution < -0.4 is 0 Å². The van der Waals surface area contributed by atoms with E-state index in [-0.39, 0.29) is 10.7 Å². The van der Waals surface area contributed by atoms with E-state index in [1.807, 2.05) is 6.92 Å². The highest BCUT2D eigenvalue weighted by atomic mass is 35.5. The van der Waals surface area contributed by atoms with E-state index >= 15 is 0 Å². The molecule has 0 bridgehead atoms. The predicted octanol–water partition coefficient (Wildman–Crippen LogP) is 5.43. The first-order chi connectivity index (χ1) is 11.5. The van der Waals surface area contributed by atoms with Crippen LogP contribution >= 0.6 is 11.6 Å². The molecule has 0 fully saturated rings. The molecule has 1 rings (SSSR count). The number of hydrogen-bond donors (Lipinski definition) is 0. The largest absolute Gasteiger partial charge is 0.264 e. The Kier molecular flexibility index (Phi) is 7.65. The minimum atomic E-state index is -0.456. The van der Waals surface area contributed by atoms with E-state index in [0.29, 0.717) is 28.9 Å². The van der Waals surface area contributed by atoms with Crippen molar-refractivity contribution in [3.63, 3.8) is 0 Å². The minimum absolute atomic E-state index is 0.130. The summed E-state index contributed by atoms with van der Waals surface area (Å²) >= 11 is 5.92. The molecule has 4 nitrogen and oxygen atoms in total. The van der Waals surface area contributed by atoms with Crippen molar-refractivity contribution in [1.29, 1.82) is 0 Å². The fourth-order valence-electron chi connectivity index (χ4n) is 2.12. The van der Waals surface area contributed by atoms with Crippen molar-refractivity contribution >= 4 is 55.4 Å². The second kappa shape index (κ2) is 9.47. The average Bonchev–Trinajstić information content (AvgIpc) is 2.60. The number of allylic oxidation sites excluding steroid dienone is 2. The molecule has 0 aromatic heterocycles. The Hall–Kier alpha value is -2.66. The van der Waals surface area contributed by atoms with E-state index in [9.17, 15) is 4.39 Å². The number of rotatable bonds is 8. The number of hydrogen-bond acceptors (Lipinski definition) is 3. The lowest BCUT2D eigenvalue weighted by Crippen LogP contribution is -1.96. The summed E-state index contributed by atoms with van der Waals surface area (Å²) in [4.78, 5) is 15.2. The van der Waals surface area contributed by atoms with Crippen molar-refractivity contribution in [2.45, 2.75) is 13.3 Å². The molecule has 0 spiro atoms. The zero-order valence-corrected chi connectivity index (χ0v) is 14.2. The van der Waals surface area contributed by atoms with Crippen molar-refractivity contribution in [3.05, 3.63) is 52.6 Å². The Labute approximate surface area is 146 Å². The smallest absolute Gasteiger partial charge is 0.140 e. The van der Waals surface area contributed by atoms with Gasteiger partial charge in [0, 0.05) is 17.2 Å². The second-order valence-electron chi connectivity index (χ2n) is 4.49. The van der Waals surface area contributed by atoms with E-state index in [1.54, 1.807) is 12.1 Å². The van der Waals surface area contributed by atoms with Crippen molar-refractivity contribution in [3.8, 4) is 0 Å². The standard InChI is InChI=1S/C18H18ClFN4/c1-6-12(16(24-11-21-3)10-17(19)23-5)14-8-9-15(22-4)13(7-2)18(14)20/h7-11H,2-6H2,1H3/b16-12-,17-10-,24-11?. The fraction of sp³-hybridized carbons (Fsp3) is 0.111. The highest BCUT2D eigenvalue weighted by Crippen LogP contribution is 2.33. The summed E-state index contributed by atoms with van der Waals surface area (Å²) in [5.74, 6) is -0.456. The molecular weight excluding hydrogens is 327 g/mol. The van der Waals surface area contributed by atoms with Crippen molar-refractivity contribution in [2.24, 2.45) is 20.0 Å². The molecule has 0 unspecified atom stereocenters. The molecule has 0 N–H and O–H groups in total. The number of benzene rings is 1. The quantitative estimate of drug-likeness (QED) is 0.261. The van der Waals surface area contributed by atoms with E-state index in [0.717, 1.165) is 0 Å². The molecule has 1 aromatic carbocycles. The van der Waals surface area contributed by atoms with Crippen molar-refractivity contribution in [1.82, 2.24) is 0 Å². The number of nitrogens with zero attached hydrogens (tertiary/aromatic N) is 4. The Morgan fingerprint density at radius 1 is 1.29 bits per heavy atom. The third kappa shape index (κ3) is 4.43. The van der Waals surface area contributed by atoms with Gasteiger partial charge in [-0.05, 0) is 44.3 Å². The zero-order valence-electron chi connectivity index (χ0n) is 13.5. The maximum absolute atomic E-state index is 14.9. The van der Waals surface area contributed by atoms with Gasteiger partial charge in [0.15, 0.2) is 0 Å². The van der Waals surface area contributed by atoms with Crippen LogP contribution in [0.15, 0.2) is 55.6 Å². The lowest BCUT2D eigenvalue weighted by Gasteiger charge is -2.12. The molecule has 0 radical (unpaired) electrons. The van der Waals surface area contributed by atoms with Gasteiger partial charge in [-0.1, -0.05) is 31.2 Å². The monoisotopic (exact) mass is 344 g/mol. The highest BCUT2D eigenvalue weighted by molar-refractivity contribution is 6.29. The first-order valence-corrected chi connectivity index (χ1v) is 7.39. The van der Waals surface area contributed by atoms with Crippen LogP contribution in [-0.4, -0.2) is 26.5 Å².